The van der Waals surface area contributed by atoms with Gasteiger partial charge < -0.3 is 5.11 Å². The highest BCUT2D eigenvalue weighted by Crippen LogP contribution is 2.55. The summed E-state index contributed by atoms with van der Waals surface area (Å²) in [7, 11) is 0. The summed E-state index contributed by atoms with van der Waals surface area (Å²) in [6, 6.07) is 13.1. The standard InChI is InChI=1S/C24H30Br2O/c1-3-5-6-7-8-9-14-24(23(27)4-2)21-15-17(25)10-12-19(21)20-13-11-18(26)16-22(20)24/h10-13,15-16,23,27H,3-9,14H2,1-2H3. The van der Waals surface area contributed by atoms with E-state index in [1.54, 1.807) is 0 Å². The van der Waals surface area contributed by atoms with E-state index < -0.39 is 0 Å². The minimum Gasteiger partial charge on any atom is -0.392 e. The molecule has 0 fully saturated rings. The fraction of sp³-hybridized carbons (Fsp3) is 0.500. The lowest BCUT2D eigenvalue weighted by Crippen LogP contribution is -2.39. The average molecular weight is 494 g/mol. The van der Waals surface area contributed by atoms with Gasteiger partial charge in [0.05, 0.1) is 6.10 Å². The Morgan fingerprint density at radius 3 is 1.85 bits per heavy atom. The van der Waals surface area contributed by atoms with E-state index >= 15 is 0 Å². The van der Waals surface area contributed by atoms with Crippen LogP contribution in [-0.2, 0) is 5.41 Å². The summed E-state index contributed by atoms with van der Waals surface area (Å²) < 4.78 is 2.17. The summed E-state index contributed by atoms with van der Waals surface area (Å²) >= 11 is 7.33. The molecule has 3 rings (SSSR count). The van der Waals surface area contributed by atoms with Crippen LogP contribution in [0.25, 0.3) is 11.1 Å². The zero-order chi connectivity index (χ0) is 19.4. The number of aliphatic hydroxyl groups is 1. The number of halogens is 2. The van der Waals surface area contributed by atoms with Crippen molar-refractivity contribution in [3.8, 4) is 11.1 Å². The first-order chi connectivity index (χ1) is 13.0. The fourth-order valence-corrected chi connectivity index (χ4v) is 5.44. The van der Waals surface area contributed by atoms with Crippen molar-refractivity contribution in [2.45, 2.75) is 76.7 Å². The molecule has 1 aliphatic rings. The Balaban J connectivity index is 2.01. The molecule has 0 heterocycles. The van der Waals surface area contributed by atoms with Gasteiger partial charge in [0.25, 0.3) is 0 Å². The second kappa shape index (κ2) is 9.24. The summed E-state index contributed by atoms with van der Waals surface area (Å²) in [4.78, 5) is 0. The average Bonchev–Trinajstić information content (AvgIpc) is 2.93. The molecule has 0 saturated heterocycles. The highest BCUT2D eigenvalue weighted by atomic mass is 79.9. The second-order valence-corrected chi connectivity index (χ2v) is 9.62. The summed E-state index contributed by atoms with van der Waals surface area (Å²) in [6.45, 7) is 4.36. The van der Waals surface area contributed by atoms with E-state index in [1.807, 2.05) is 0 Å². The number of aliphatic hydroxyl groups excluding tert-OH is 1. The molecule has 1 nitrogen and oxygen atoms in total. The van der Waals surface area contributed by atoms with Gasteiger partial charge in [0.2, 0.25) is 0 Å². The number of unbranched alkanes of at least 4 members (excludes halogenated alkanes) is 5. The van der Waals surface area contributed by atoms with Gasteiger partial charge in [-0.2, -0.15) is 0 Å². The van der Waals surface area contributed by atoms with E-state index in [0.717, 1.165) is 28.2 Å². The van der Waals surface area contributed by atoms with Gasteiger partial charge in [-0.25, -0.2) is 0 Å². The molecule has 2 aromatic rings. The summed E-state index contributed by atoms with van der Waals surface area (Å²) in [6.07, 6.45) is 9.00. The molecule has 1 unspecified atom stereocenters. The Morgan fingerprint density at radius 2 is 1.33 bits per heavy atom. The van der Waals surface area contributed by atoms with E-state index in [9.17, 15) is 5.11 Å². The number of hydrogen-bond donors (Lipinski definition) is 1. The van der Waals surface area contributed by atoms with Crippen LogP contribution in [-0.4, -0.2) is 11.2 Å². The first-order valence-electron chi connectivity index (χ1n) is 10.3. The Bertz CT molecular complexity index is 732. The van der Waals surface area contributed by atoms with E-state index in [-0.39, 0.29) is 11.5 Å². The lowest BCUT2D eigenvalue weighted by Gasteiger charge is -2.37. The smallest absolute Gasteiger partial charge is 0.0675 e. The van der Waals surface area contributed by atoms with Crippen molar-refractivity contribution < 1.29 is 5.11 Å². The zero-order valence-electron chi connectivity index (χ0n) is 16.4. The van der Waals surface area contributed by atoms with Gasteiger partial charge >= 0.3 is 0 Å². The summed E-state index contributed by atoms with van der Waals surface area (Å²) in [5.74, 6) is 0. The van der Waals surface area contributed by atoms with Gasteiger partial charge in [-0.05, 0) is 59.4 Å². The number of hydrogen-bond acceptors (Lipinski definition) is 1. The number of rotatable bonds is 9. The molecular formula is C24H30Br2O. The van der Waals surface area contributed by atoms with E-state index in [0.29, 0.717) is 0 Å². The first-order valence-corrected chi connectivity index (χ1v) is 11.9. The Labute approximate surface area is 180 Å². The molecule has 0 saturated carbocycles. The third-order valence-corrected chi connectivity index (χ3v) is 7.08. The van der Waals surface area contributed by atoms with Gasteiger partial charge in [0.1, 0.15) is 0 Å². The van der Waals surface area contributed by atoms with Crippen molar-refractivity contribution in [3.05, 3.63) is 56.5 Å². The monoisotopic (exact) mass is 492 g/mol. The highest BCUT2D eigenvalue weighted by molar-refractivity contribution is 9.10. The van der Waals surface area contributed by atoms with Crippen LogP contribution in [0.5, 0.6) is 0 Å². The molecule has 3 heteroatoms. The summed E-state index contributed by atoms with van der Waals surface area (Å²) in [5.41, 5.74) is 4.82. The Morgan fingerprint density at radius 1 is 0.815 bits per heavy atom. The molecule has 2 aromatic carbocycles. The maximum atomic E-state index is 11.3. The van der Waals surface area contributed by atoms with Gasteiger partial charge in [-0.15, -0.1) is 0 Å². The van der Waals surface area contributed by atoms with E-state index in [4.69, 9.17) is 0 Å². The molecule has 146 valence electrons. The molecule has 0 radical (unpaired) electrons. The predicted octanol–water partition coefficient (Wildman–Crippen LogP) is 8.00. The SMILES string of the molecule is CCCCCCCCC1(C(O)CC)c2cc(Br)ccc2-c2ccc(Br)cc21. The molecule has 1 aliphatic carbocycles. The zero-order valence-corrected chi connectivity index (χ0v) is 19.6. The molecule has 1 atom stereocenters. The minimum atomic E-state index is -0.378. The second-order valence-electron chi connectivity index (χ2n) is 7.79. The quantitative estimate of drug-likeness (QED) is 0.350. The van der Waals surface area contributed by atoms with Gasteiger partial charge in [-0.1, -0.05) is 96.4 Å². The van der Waals surface area contributed by atoms with Crippen molar-refractivity contribution in [1.29, 1.82) is 0 Å². The normalized spacial score (nSPS) is 15.4. The van der Waals surface area contributed by atoms with Crippen molar-refractivity contribution in [2.24, 2.45) is 0 Å². The maximum absolute atomic E-state index is 11.3. The molecule has 27 heavy (non-hydrogen) atoms. The first kappa shape index (κ1) is 21.1. The van der Waals surface area contributed by atoms with Crippen molar-refractivity contribution in [3.63, 3.8) is 0 Å². The maximum Gasteiger partial charge on any atom is 0.0675 e. The number of fused-ring (bicyclic) bond motifs is 3. The summed E-state index contributed by atoms with van der Waals surface area (Å²) in [5, 5.41) is 11.3. The van der Waals surface area contributed by atoms with Gasteiger partial charge in [0, 0.05) is 14.4 Å². The minimum absolute atomic E-state index is 0.308. The van der Waals surface area contributed by atoms with Crippen LogP contribution in [0.15, 0.2) is 45.3 Å². The number of benzene rings is 2. The molecule has 0 aliphatic heterocycles. The lowest BCUT2D eigenvalue weighted by atomic mass is 9.69. The van der Waals surface area contributed by atoms with Crippen molar-refractivity contribution in [2.75, 3.05) is 0 Å². The largest absolute Gasteiger partial charge is 0.392 e. The lowest BCUT2D eigenvalue weighted by molar-refractivity contribution is 0.0929. The Kier molecular flexibility index (Phi) is 7.21. The van der Waals surface area contributed by atoms with Gasteiger partial charge in [-0.3, -0.25) is 0 Å². The van der Waals surface area contributed by atoms with Crippen LogP contribution < -0.4 is 0 Å². The van der Waals surface area contributed by atoms with E-state index in [1.165, 1.54) is 54.4 Å². The molecule has 0 aromatic heterocycles. The van der Waals surface area contributed by atoms with Crippen molar-refractivity contribution >= 4 is 31.9 Å². The predicted molar refractivity (Wildman–Crippen MR) is 122 cm³/mol. The van der Waals surface area contributed by atoms with Crippen LogP contribution in [0.1, 0.15) is 76.3 Å². The molecule has 0 amide bonds. The molecule has 1 N–H and O–H groups in total. The Hall–Kier alpha value is -0.640. The van der Waals surface area contributed by atoms with Crippen LogP contribution in [0.4, 0.5) is 0 Å². The van der Waals surface area contributed by atoms with Crippen LogP contribution in [0.2, 0.25) is 0 Å². The van der Waals surface area contributed by atoms with E-state index in [2.05, 4.69) is 82.1 Å². The fourth-order valence-electron chi connectivity index (χ4n) is 4.71. The highest BCUT2D eigenvalue weighted by Gasteiger charge is 2.47. The third-order valence-electron chi connectivity index (χ3n) is 6.09. The molecule has 0 bridgehead atoms. The van der Waals surface area contributed by atoms with Crippen LogP contribution in [0, 0.1) is 0 Å². The van der Waals surface area contributed by atoms with Crippen LogP contribution in [0.3, 0.4) is 0 Å². The van der Waals surface area contributed by atoms with Crippen molar-refractivity contribution in [1.82, 2.24) is 0 Å². The van der Waals surface area contributed by atoms with Crippen LogP contribution >= 0.6 is 31.9 Å². The topological polar surface area (TPSA) is 20.2 Å². The third kappa shape index (κ3) is 4.06. The molecular weight excluding hydrogens is 464 g/mol. The molecule has 0 spiro atoms. The van der Waals surface area contributed by atoms with Gasteiger partial charge in [0.15, 0.2) is 0 Å².